The van der Waals surface area contributed by atoms with E-state index in [1.165, 1.54) is 56.3 Å². The number of rotatable bonds is 6. The fraction of sp³-hybridized carbons (Fsp3) is 0.156. The fourth-order valence-corrected chi connectivity index (χ4v) is 5.38. The summed E-state index contributed by atoms with van der Waals surface area (Å²) in [5, 5.41) is 8.73. The van der Waals surface area contributed by atoms with Crippen LogP contribution in [0, 0.1) is 25.5 Å². The highest BCUT2D eigenvalue weighted by Crippen LogP contribution is 2.49. The van der Waals surface area contributed by atoms with Crippen LogP contribution in [0.5, 0.6) is 0 Å². The van der Waals surface area contributed by atoms with Gasteiger partial charge in [0.15, 0.2) is 5.82 Å². The zero-order valence-corrected chi connectivity index (χ0v) is 24.7. The molecule has 0 fully saturated rings. The standard InChI is InChI=1S/C32H23BrF5N3O3/c1-17-14-20(31(32(36,37)38)16-26(41-44-31)19-10-12-21(34)13-11-19)15-18(2)28(17)40-30(43)23-7-5-9-25(27(23)35)39-29(42)22-6-3-4-8-24(22)33/h3-15H,16H2,1-2H3,(H,39,42)(H,40,43). The molecule has 1 aliphatic heterocycles. The summed E-state index contributed by atoms with van der Waals surface area (Å²) >= 11 is 3.27. The van der Waals surface area contributed by atoms with Crippen molar-refractivity contribution >= 4 is 44.8 Å². The van der Waals surface area contributed by atoms with Crippen LogP contribution in [-0.2, 0) is 10.4 Å². The summed E-state index contributed by atoms with van der Waals surface area (Å²) in [6, 6.07) is 17.8. The lowest BCUT2D eigenvalue weighted by molar-refractivity contribution is -0.275. The molecule has 6 nitrogen and oxygen atoms in total. The molecular formula is C32H23BrF5N3O3. The number of halogens is 6. The molecule has 226 valence electrons. The Morgan fingerprint density at radius 1 is 0.864 bits per heavy atom. The molecule has 0 aromatic heterocycles. The SMILES string of the molecule is Cc1cc(C2(C(F)(F)F)CC(c3ccc(F)cc3)=NO2)cc(C)c1NC(=O)c1cccc(NC(=O)c2ccccc2Br)c1F. The summed E-state index contributed by atoms with van der Waals surface area (Å²) in [6.07, 6.45) is -5.54. The van der Waals surface area contributed by atoms with Crippen LogP contribution < -0.4 is 10.6 Å². The van der Waals surface area contributed by atoms with E-state index >= 15 is 4.39 Å². The van der Waals surface area contributed by atoms with Gasteiger partial charge in [-0.1, -0.05) is 35.5 Å². The second-order valence-corrected chi connectivity index (χ2v) is 11.0. The van der Waals surface area contributed by atoms with E-state index in [9.17, 15) is 27.2 Å². The number of hydrogen-bond donors (Lipinski definition) is 2. The molecule has 1 atom stereocenters. The van der Waals surface area contributed by atoms with Crippen molar-refractivity contribution < 1.29 is 36.4 Å². The maximum Gasteiger partial charge on any atom is 0.435 e. The lowest BCUT2D eigenvalue weighted by atomic mass is 9.84. The number of carbonyl (C=O) groups excluding carboxylic acids is 2. The number of benzene rings is 4. The summed E-state index contributed by atoms with van der Waals surface area (Å²) < 4.78 is 72.9. The van der Waals surface area contributed by atoms with Crippen molar-refractivity contribution in [2.75, 3.05) is 10.6 Å². The van der Waals surface area contributed by atoms with Crippen LogP contribution in [0.15, 0.2) is 88.5 Å². The van der Waals surface area contributed by atoms with Crippen molar-refractivity contribution in [3.8, 4) is 0 Å². The average molecular weight is 672 g/mol. The molecule has 12 heteroatoms. The minimum Gasteiger partial charge on any atom is -0.374 e. The van der Waals surface area contributed by atoms with Gasteiger partial charge in [-0.2, -0.15) is 13.2 Å². The van der Waals surface area contributed by atoms with Gasteiger partial charge in [-0.05, 0) is 95.0 Å². The van der Waals surface area contributed by atoms with Crippen molar-refractivity contribution in [2.24, 2.45) is 5.16 Å². The van der Waals surface area contributed by atoms with Crippen LogP contribution >= 0.6 is 15.9 Å². The minimum absolute atomic E-state index is 0.00270. The predicted octanol–water partition coefficient (Wildman–Crippen LogP) is 8.43. The third kappa shape index (κ3) is 5.81. The molecule has 1 aliphatic rings. The first-order valence-electron chi connectivity index (χ1n) is 13.2. The van der Waals surface area contributed by atoms with E-state index in [0.717, 1.165) is 12.1 Å². The first-order valence-corrected chi connectivity index (χ1v) is 13.9. The van der Waals surface area contributed by atoms with Gasteiger partial charge in [0.25, 0.3) is 17.4 Å². The first-order chi connectivity index (χ1) is 20.8. The Labute approximate surface area is 257 Å². The van der Waals surface area contributed by atoms with Crippen LogP contribution in [-0.4, -0.2) is 23.7 Å². The molecule has 1 heterocycles. The zero-order chi connectivity index (χ0) is 31.8. The lowest BCUT2D eigenvalue weighted by Gasteiger charge is -2.30. The quantitative estimate of drug-likeness (QED) is 0.202. The molecular weight excluding hydrogens is 649 g/mol. The molecule has 5 rings (SSSR count). The van der Waals surface area contributed by atoms with Gasteiger partial charge in [0.05, 0.1) is 22.5 Å². The number of amides is 2. The monoisotopic (exact) mass is 671 g/mol. The zero-order valence-electron chi connectivity index (χ0n) is 23.2. The third-order valence-electron chi connectivity index (χ3n) is 7.21. The van der Waals surface area contributed by atoms with E-state index in [0.29, 0.717) is 4.47 Å². The van der Waals surface area contributed by atoms with Crippen LogP contribution in [0.3, 0.4) is 0 Å². The number of hydrogen-bond acceptors (Lipinski definition) is 4. The normalized spacial score (nSPS) is 16.2. The van der Waals surface area contributed by atoms with Crippen LogP contribution in [0.1, 0.15) is 49.4 Å². The number of aryl methyl sites for hydroxylation is 2. The molecule has 0 bridgehead atoms. The topological polar surface area (TPSA) is 79.8 Å². The number of alkyl halides is 3. The highest BCUT2D eigenvalue weighted by molar-refractivity contribution is 9.10. The van der Waals surface area contributed by atoms with Gasteiger partial charge in [0.1, 0.15) is 5.82 Å². The van der Waals surface area contributed by atoms with Crippen molar-refractivity contribution in [1.29, 1.82) is 0 Å². The first kappa shape index (κ1) is 30.9. The Balaban J connectivity index is 1.40. The number of nitrogens with one attached hydrogen (secondary N) is 2. The Kier molecular flexibility index (Phi) is 8.30. The molecule has 4 aromatic carbocycles. The van der Waals surface area contributed by atoms with Crippen LogP contribution in [0.4, 0.5) is 33.3 Å². The highest BCUT2D eigenvalue weighted by Gasteiger charge is 2.62. The second-order valence-electron chi connectivity index (χ2n) is 10.2. The molecule has 44 heavy (non-hydrogen) atoms. The summed E-state index contributed by atoms with van der Waals surface area (Å²) in [7, 11) is 0. The molecule has 0 saturated carbocycles. The number of anilines is 2. The summed E-state index contributed by atoms with van der Waals surface area (Å²) in [4.78, 5) is 30.9. The smallest absolute Gasteiger partial charge is 0.374 e. The van der Waals surface area contributed by atoms with Gasteiger partial charge < -0.3 is 15.5 Å². The van der Waals surface area contributed by atoms with Crippen molar-refractivity contribution in [3.05, 3.63) is 128 Å². The second kappa shape index (κ2) is 11.8. The Bertz CT molecular complexity index is 1790. The molecule has 4 aromatic rings. The van der Waals surface area contributed by atoms with Crippen LogP contribution in [0.2, 0.25) is 0 Å². The molecule has 2 amide bonds. The number of nitrogens with zero attached hydrogens (tertiary/aromatic N) is 1. The highest BCUT2D eigenvalue weighted by atomic mass is 79.9. The molecule has 0 aliphatic carbocycles. The lowest BCUT2D eigenvalue weighted by Crippen LogP contribution is -2.42. The van der Waals surface area contributed by atoms with Gasteiger partial charge in [-0.25, -0.2) is 8.78 Å². The van der Waals surface area contributed by atoms with Crippen molar-refractivity contribution in [1.82, 2.24) is 0 Å². The van der Waals surface area contributed by atoms with E-state index < -0.39 is 41.6 Å². The van der Waals surface area contributed by atoms with E-state index in [4.69, 9.17) is 4.84 Å². The van der Waals surface area contributed by atoms with E-state index in [1.54, 1.807) is 24.3 Å². The van der Waals surface area contributed by atoms with Gasteiger partial charge in [0, 0.05) is 22.1 Å². The summed E-state index contributed by atoms with van der Waals surface area (Å²) in [5.74, 6) is -3.01. The predicted molar refractivity (Wildman–Crippen MR) is 159 cm³/mol. The largest absolute Gasteiger partial charge is 0.435 e. The van der Waals surface area contributed by atoms with Gasteiger partial charge in [-0.3, -0.25) is 9.59 Å². The molecule has 2 N–H and O–H groups in total. The maximum atomic E-state index is 15.4. The Hall–Kier alpha value is -4.58. The van der Waals surface area contributed by atoms with Gasteiger partial charge >= 0.3 is 6.18 Å². The average Bonchev–Trinajstić information content (AvgIpc) is 3.44. The fourth-order valence-electron chi connectivity index (χ4n) is 4.91. The molecule has 0 radical (unpaired) electrons. The Morgan fingerprint density at radius 2 is 1.48 bits per heavy atom. The number of carbonyl (C=O) groups is 2. The summed E-state index contributed by atoms with van der Waals surface area (Å²) in [6.45, 7) is 3.00. The maximum absolute atomic E-state index is 15.4. The van der Waals surface area contributed by atoms with Crippen molar-refractivity contribution in [3.63, 3.8) is 0 Å². The van der Waals surface area contributed by atoms with Crippen molar-refractivity contribution in [2.45, 2.75) is 32.0 Å². The minimum atomic E-state index is -4.88. The van der Waals surface area contributed by atoms with Gasteiger partial charge in [-0.15, -0.1) is 0 Å². The van der Waals surface area contributed by atoms with E-state index in [2.05, 4.69) is 31.7 Å². The van der Waals surface area contributed by atoms with Gasteiger partial charge in [0.2, 0.25) is 0 Å². The molecule has 0 spiro atoms. The van der Waals surface area contributed by atoms with Crippen LogP contribution in [0.25, 0.3) is 0 Å². The van der Waals surface area contributed by atoms with E-state index in [1.807, 2.05) is 0 Å². The summed E-state index contributed by atoms with van der Waals surface area (Å²) in [5.41, 5.74) is -2.45. The Morgan fingerprint density at radius 3 is 2.11 bits per heavy atom. The molecule has 1 unspecified atom stereocenters. The number of oxime groups is 1. The van der Waals surface area contributed by atoms with E-state index in [-0.39, 0.29) is 50.5 Å². The third-order valence-corrected chi connectivity index (χ3v) is 7.90. The molecule has 0 saturated heterocycles.